The molecule has 0 saturated heterocycles. The third kappa shape index (κ3) is 1.78. The van der Waals surface area contributed by atoms with Crippen LogP contribution in [0.5, 0.6) is 0 Å². The van der Waals surface area contributed by atoms with Gasteiger partial charge in [-0.15, -0.1) is 0 Å². The Hall–Kier alpha value is -0.870. The maximum absolute atomic E-state index is 4.96. The Morgan fingerprint density at radius 3 is 2.91 bits per heavy atom. The number of aromatic nitrogens is 1. The van der Waals surface area contributed by atoms with Crippen molar-refractivity contribution in [2.75, 3.05) is 6.61 Å². The average molecular weight is 156 g/mol. The Morgan fingerprint density at radius 2 is 2.45 bits per heavy atom. The summed E-state index contributed by atoms with van der Waals surface area (Å²) in [4.78, 5) is 4.55. The van der Waals surface area contributed by atoms with E-state index in [9.17, 15) is 0 Å². The van der Waals surface area contributed by atoms with Crippen LogP contribution in [0.3, 0.4) is 0 Å². The first kappa shape index (κ1) is 8.23. The lowest BCUT2D eigenvalue weighted by Gasteiger charge is -2.18. The highest BCUT2D eigenvalue weighted by Gasteiger charge is 2.23. The summed E-state index contributed by atoms with van der Waals surface area (Å²) in [6, 6.07) is 1.80. The molecule has 11 heavy (non-hydrogen) atoms. The summed E-state index contributed by atoms with van der Waals surface area (Å²) in [6.45, 7) is 4.40. The zero-order valence-electron chi connectivity index (χ0n) is 6.70. The molecule has 0 aliphatic carbocycles. The normalized spacial score (nSPS) is 11.9. The van der Waals surface area contributed by atoms with Gasteiger partial charge in [0.05, 0.1) is 12.3 Å². The minimum atomic E-state index is -0.179. The molecule has 0 aromatic carbocycles. The van der Waals surface area contributed by atoms with E-state index in [-0.39, 0.29) is 5.41 Å². The molecule has 2 N–H and O–H groups in total. The van der Waals surface area contributed by atoms with Crippen LogP contribution in [0.4, 0.5) is 0 Å². The van der Waals surface area contributed by atoms with Crippen molar-refractivity contribution in [3.8, 4) is 0 Å². The Labute approximate surface area is 65.3 Å². The van der Waals surface area contributed by atoms with Crippen LogP contribution in [-0.4, -0.2) is 11.8 Å². The van der Waals surface area contributed by atoms with E-state index in [2.05, 4.69) is 9.99 Å². The van der Waals surface area contributed by atoms with Gasteiger partial charge in [-0.3, -0.25) is 0 Å². The zero-order chi connectivity index (χ0) is 8.32. The number of rotatable bonds is 3. The van der Waals surface area contributed by atoms with E-state index in [0.717, 1.165) is 5.69 Å². The fourth-order valence-electron chi connectivity index (χ4n) is 0.844. The van der Waals surface area contributed by atoms with Crippen LogP contribution in [0.15, 0.2) is 16.9 Å². The molecule has 0 spiro atoms. The quantitative estimate of drug-likeness (QED) is 0.659. The highest BCUT2D eigenvalue weighted by Crippen LogP contribution is 2.20. The highest BCUT2D eigenvalue weighted by molar-refractivity contribution is 5.09. The van der Waals surface area contributed by atoms with E-state index in [4.69, 9.17) is 10.4 Å². The second-order valence-corrected chi connectivity index (χ2v) is 3.08. The van der Waals surface area contributed by atoms with Gasteiger partial charge in [-0.2, -0.15) is 0 Å². The molecule has 0 bridgehead atoms. The average Bonchev–Trinajstić information content (AvgIpc) is 2.37. The van der Waals surface area contributed by atoms with Crippen molar-refractivity contribution >= 4 is 0 Å². The molecule has 1 heterocycles. The van der Waals surface area contributed by atoms with Gasteiger partial charge in [0.15, 0.2) is 0 Å². The van der Waals surface area contributed by atoms with Gasteiger partial charge < -0.3 is 9.36 Å². The SMILES string of the molecule is CC(C)(CON)c1ccon1. The van der Waals surface area contributed by atoms with Gasteiger partial charge >= 0.3 is 0 Å². The minimum Gasteiger partial charge on any atom is -0.364 e. The molecule has 0 atom stereocenters. The van der Waals surface area contributed by atoms with Crippen molar-refractivity contribution < 1.29 is 9.36 Å². The molecule has 0 unspecified atom stereocenters. The van der Waals surface area contributed by atoms with E-state index >= 15 is 0 Å². The first-order chi connectivity index (χ1) is 5.17. The summed E-state index contributed by atoms with van der Waals surface area (Å²) in [7, 11) is 0. The molecular weight excluding hydrogens is 144 g/mol. The van der Waals surface area contributed by atoms with E-state index < -0.39 is 0 Å². The topological polar surface area (TPSA) is 61.3 Å². The summed E-state index contributed by atoms with van der Waals surface area (Å²) < 4.78 is 4.70. The van der Waals surface area contributed by atoms with Gasteiger partial charge in [0, 0.05) is 11.5 Å². The van der Waals surface area contributed by atoms with Crippen LogP contribution < -0.4 is 5.90 Å². The molecule has 0 saturated carbocycles. The standard InChI is InChI=1S/C7H12N2O2/c1-7(2,5-10-8)6-3-4-11-9-6/h3-4H,5,8H2,1-2H3. The molecule has 1 rings (SSSR count). The molecule has 4 heteroatoms. The molecule has 0 radical (unpaired) electrons. The van der Waals surface area contributed by atoms with Crippen molar-refractivity contribution in [3.63, 3.8) is 0 Å². The molecule has 62 valence electrons. The predicted octanol–water partition coefficient (Wildman–Crippen LogP) is 0.843. The van der Waals surface area contributed by atoms with E-state index in [1.54, 1.807) is 6.07 Å². The van der Waals surface area contributed by atoms with Gasteiger partial charge in [-0.05, 0) is 0 Å². The molecule has 0 aliphatic heterocycles. The van der Waals surface area contributed by atoms with Gasteiger partial charge in [0.1, 0.15) is 6.26 Å². The van der Waals surface area contributed by atoms with Crippen molar-refractivity contribution in [2.24, 2.45) is 5.90 Å². The first-order valence-electron chi connectivity index (χ1n) is 3.39. The Bertz CT molecular complexity index is 206. The predicted molar refractivity (Wildman–Crippen MR) is 39.7 cm³/mol. The summed E-state index contributed by atoms with van der Waals surface area (Å²) in [5, 5.41) is 3.80. The van der Waals surface area contributed by atoms with Crippen LogP contribution in [0.25, 0.3) is 0 Å². The second-order valence-electron chi connectivity index (χ2n) is 3.08. The smallest absolute Gasteiger partial charge is 0.124 e. The third-order valence-corrected chi connectivity index (χ3v) is 1.58. The summed E-state index contributed by atoms with van der Waals surface area (Å²) >= 11 is 0. The van der Waals surface area contributed by atoms with Crippen molar-refractivity contribution in [1.82, 2.24) is 5.16 Å². The molecular formula is C7H12N2O2. The number of hydrogen-bond acceptors (Lipinski definition) is 4. The van der Waals surface area contributed by atoms with Crippen LogP contribution in [-0.2, 0) is 10.3 Å². The maximum atomic E-state index is 4.96. The lowest BCUT2D eigenvalue weighted by atomic mass is 9.91. The first-order valence-corrected chi connectivity index (χ1v) is 3.39. The molecule has 1 aromatic rings. The van der Waals surface area contributed by atoms with Crippen LogP contribution >= 0.6 is 0 Å². The van der Waals surface area contributed by atoms with Crippen molar-refractivity contribution in [1.29, 1.82) is 0 Å². The summed E-state index contributed by atoms with van der Waals surface area (Å²) in [6.07, 6.45) is 1.54. The molecule has 0 fully saturated rings. The number of hydrogen-bond donors (Lipinski definition) is 1. The van der Waals surface area contributed by atoms with Crippen LogP contribution in [0.1, 0.15) is 19.5 Å². The van der Waals surface area contributed by atoms with Crippen molar-refractivity contribution in [3.05, 3.63) is 18.0 Å². The van der Waals surface area contributed by atoms with E-state index in [1.807, 2.05) is 13.8 Å². The second kappa shape index (κ2) is 3.02. The third-order valence-electron chi connectivity index (χ3n) is 1.58. The Kier molecular flexibility index (Phi) is 2.26. The Morgan fingerprint density at radius 1 is 1.73 bits per heavy atom. The van der Waals surface area contributed by atoms with Crippen LogP contribution in [0, 0.1) is 0 Å². The van der Waals surface area contributed by atoms with Gasteiger partial charge in [-0.1, -0.05) is 19.0 Å². The lowest BCUT2D eigenvalue weighted by molar-refractivity contribution is 0.0936. The number of nitrogens with zero attached hydrogens (tertiary/aromatic N) is 1. The van der Waals surface area contributed by atoms with Gasteiger partial charge in [0.25, 0.3) is 0 Å². The summed E-state index contributed by atoms with van der Waals surface area (Å²) in [5.74, 6) is 4.96. The number of nitrogens with two attached hydrogens (primary N) is 1. The van der Waals surface area contributed by atoms with Gasteiger partial charge in [-0.25, -0.2) is 5.90 Å². The van der Waals surface area contributed by atoms with E-state index in [1.165, 1.54) is 6.26 Å². The van der Waals surface area contributed by atoms with Crippen LogP contribution in [0.2, 0.25) is 0 Å². The van der Waals surface area contributed by atoms with E-state index in [0.29, 0.717) is 6.61 Å². The summed E-state index contributed by atoms with van der Waals surface area (Å²) in [5.41, 5.74) is 0.671. The fourth-order valence-corrected chi connectivity index (χ4v) is 0.844. The largest absolute Gasteiger partial charge is 0.364 e. The highest BCUT2D eigenvalue weighted by atomic mass is 16.6. The molecule has 0 amide bonds. The minimum absolute atomic E-state index is 0.179. The molecule has 4 nitrogen and oxygen atoms in total. The monoisotopic (exact) mass is 156 g/mol. The van der Waals surface area contributed by atoms with Gasteiger partial charge in [0.2, 0.25) is 0 Å². The van der Waals surface area contributed by atoms with Crippen molar-refractivity contribution in [2.45, 2.75) is 19.3 Å². The zero-order valence-corrected chi connectivity index (χ0v) is 6.70. The fraction of sp³-hybridized carbons (Fsp3) is 0.571. The Balaban J connectivity index is 2.73. The maximum Gasteiger partial charge on any atom is 0.124 e. The lowest BCUT2D eigenvalue weighted by Crippen LogP contribution is -2.26. The molecule has 1 aromatic heterocycles. The molecule has 0 aliphatic rings.